The quantitative estimate of drug-likeness (QED) is 0.662. The third-order valence-corrected chi connectivity index (χ3v) is 4.03. The number of rotatable bonds is 8. The molecule has 0 saturated heterocycles. The Morgan fingerprint density at radius 3 is 2.50 bits per heavy atom. The maximum Gasteiger partial charge on any atom is 0.235 e. The van der Waals surface area contributed by atoms with Gasteiger partial charge in [-0.15, -0.1) is 0 Å². The lowest BCUT2D eigenvalue weighted by Gasteiger charge is -2.12. The molecule has 0 radical (unpaired) electrons. The Morgan fingerprint density at radius 2 is 2.00 bits per heavy atom. The zero-order valence-corrected chi connectivity index (χ0v) is 11.3. The molecular weight excluding hydrogens is 224 g/mol. The van der Waals surface area contributed by atoms with Crippen molar-refractivity contribution in [1.29, 1.82) is 0 Å². The van der Waals surface area contributed by atoms with Gasteiger partial charge in [0, 0.05) is 23.1 Å². The first-order chi connectivity index (χ1) is 7.49. The Morgan fingerprint density at radius 1 is 1.38 bits per heavy atom. The molecule has 0 aliphatic heterocycles. The summed E-state index contributed by atoms with van der Waals surface area (Å²) < 4.78 is 11.6. The molecule has 0 aliphatic carbocycles. The van der Waals surface area contributed by atoms with Crippen LogP contribution in [0.15, 0.2) is 0 Å². The van der Waals surface area contributed by atoms with Crippen LogP contribution in [0.5, 0.6) is 0 Å². The minimum atomic E-state index is -1.10. The number of nitrogens with one attached hydrogen (secondary N) is 1. The molecule has 0 bridgehead atoms. The third kappa shape index (κ3) is 6.95. The van der Waals surface area contributed by atoms with Crippen LogP contribution >= 0.6 is 0 Å². The van der Waals surface area contributed by atoms with Gasteiger partial charge in [0.1, 0.15) is 5.25 Å². The van der Waals surface area contributed by atoms with E-state index in [1.807, 2.05) is 0 Å². The summed E-state index contributed by atoms with van der Waals surface area (Å²) in [6, 6.07) is 0. The van der Waals surface area contributed by atoms with E-state index in [4.69, 9.17) is 5.73 Å². The Kier molecular flexibility index (Phi) is 8.47. The van der Waals surface area contributed by atoms with E-state index in [2.05, 4.69) is 19.2 Å². The normalized spacial score (nSPS) is 14.8. The van der Waals surface area contributed by atoms with E-state index in [0.29, 0.717) is 31.2 Å². The molecule has 2 atom stereocenters. The Bertz CT molecular complexity index is 232. The van der Waals surface area contributed by atoms with Crippen molar-refractivity contribution in [2.24, 2.45) is 11.7 Å². The summed E-state index contributed by atoms with van der Waals surface area (Å²) in [6.07, 6.45) is 1.66. The highest BCUT2D eigenvalue weighted by atomic mass is 32.2. The molecule has 3 N–H and O–H groups in total. The van der Waals surface area contributed by atoms with Gasteiger partial charge >= 0.3 is 0 Å². The standard InChI is InChI=1S/C11H24N2O2S/c1-9(2)5-7-13-11(14)10(3)16(15)8-4-6-12/h9-10H,4-8,12H2,1-3H3,(H,13,14). The van der Waals surface area contributed by atoms with E-state index in [-0.39, 0.29) is 5.91 Å². The second-order valence-electron chi connectivity index (χ2n) is 4.34. The van der Waals surface area contributed by atoms with Crippen LogP contribution in [0.1, 0.15) is 33.6 Å². The molecule has 0 aromatic heterocycles. The maximum atomic E-state index is 11.6. The van der Waals surface area contributed by atoms with Crippen LogP contribution in [-0.4, -0.2) is 34.2 Å². The van der Waals surface area contributed by atoms with Crippen molar-refractivity contribution in [2.45, 2.75) is 38.9 Å². The molecule has 2 unspecified atom stereocenters. The van der Waals surface area contributed by atoms with Gasteiger partial charge < -0.3 is 11.1 Å². The van der Waals surface area contributed by atoms with Gasteiger partial charge in [-0.05, 0) is 32.2 Å². The predicted molar refractivity (Wildman–Crippen MR) is 68.6 cm³/mol. The summed E-state index contributed by atoms with van der Waals surface area (Å²) in [5.41, 5.74) is 5.33. The molecule has 16 heavy (non-hydrogen) atoms. The number of carbonyl (C=O) groups excluding carboxylic acids is 1. The molecule has 0 aliphatic rings. The van der Waals surface area contributed by atoms with Crippen LogP contribution in [0.4, 0.5) is 0 Å². The first kappa shape index (κ1) is 15.6. The average Bonchev–Trinajstić information content (AvgIpc) is 2.24. The van der Waals surface area contributed by atoms with E-state index < -0.39 is 16.0 Å². The van der Waals surface area contributed by atoms with Crippen LogP contribution in [0.25, 0.3) is 0 Å². The summed E-state index contributed by atoms with van der Waals surface area (Å²) >= 11 is 0. The third-order valence-electron chi connectivity index (χ3n) is 2.33. The lowest BCUT2D eigenvalue weighted by Crippen LogP contribution is -2.37. The van der Waals surface area contributed by atoms with E-state index in [0.717, 1.165) is 6.42 Å². The van der Waals surface area contributed by atoms with Crippen molar-refractivity contribution in [3.05, 3.63) is 0 Å². The SMILES string of the molecule is CC(C)CCNC(=O)C(C)S(=O)CCCN. The van der Waals surface area contributed by atoms with Crippen LogP contribution < -0.4 is 11.1 Å². The Balaban J connectivity index is 3.84. The molecule has 0 saturated carbocycles. The Labute approximate surface area is 101 Å². The fourth-order valence-corrected chi connectivity index (χ4v) is 2.28. The number of nitrogens with two attached hydrogens (primary N) is 1. The van der Waals surface area contributed by atoms with Crippen molar-refractivity contribution in [2.75, 3.05) is 18.8 Å². The molecule has 0 fully saturated rings. The molecule has 0 rings (SSSR count). The van der Waals surface area contributed by atoms with Gasteiger partial charge in [-0.2, -0.15) is 0 Å². The van der Waals surface area contributed by atoms with Crippen molar-refractivity contribution >= 4 is 16.7 Å². The molecule has 0 heterocycles. The first-order valence-electron chi connectivity index (χ1n) is 5.84. The summed E-state index contributed by atoms with van der Waals surface area (Å²) in [6.45, 7) is 7.10. The molecule has 96 valence electrons. The van der Waals surface area contributed by atoms with Gasteiger partial charge in [0.05, 0.1) is 0 Å². The van der Waals surface area contributed by atoms with Gasteiger partial charge in [0.2, 0.25) is 5.91 Å². The summed E-state index contributed by atoms with van der Waals surface area (Å²) in [4.78, 5) is 11.6. The molecule has 4 nitrogen and oxygen atoms in total. The van der Waals surface area contributed by atoms with Gasteiger partial charge in [-0.3, -0.25) is 9.00 Å². The number of hydrogen-bond acceptors (Lipinski definition) is 3. The fraction of sp³-hybridized carbons (Fsp3) is 0.909. The van der Waals surface area contributed by atoms with Gasteiger partial charge in [0.15, 0.2) is 0 Å². The lowest BCUT2D eigenvalue weighted by molar-refractivity contribution is -0.120. The molecule has 0 aromatic rings. The van der Waals surface area contributed by atoms with Gasteiger partial charge in [-0.1, -0.05) is 13.8 Å². The molecular formula is C11H24N2O2S. The highest BCUT2D eigenvalue weighted by Gasteiger charge is 2.18. The van der Waals surface area contributed by atoms with Crippen molar-refractivity contribution in [3.8, 4) is 0 Å². The largest absolute Gasteiger partial charge is 0.355 e. The zero-order valence-electron chi connectivity index (χ0n) is 10.5. The highest BCUT2D eigenvalue weighted by Crippen LogP contribution is 2.00. The maximum absolute atomic E-state index is 11.6. The minimum absolute atomic E-state index is 0.115. The molecule has 5 heteroatoms. The van der Waals surface area contributed by atoms with E-state index >= 15 is 0 Å². The topological polar surface area (TPSA) is 72.2 Å². The van der Waals surface area contributed by atoms with E-state index in [9.17, 15) is 9.00 Å². The molecule has 0 spiro atoms. The van der Waals surface area contributed by atoms with Crippen molar-refractivity contribution < 1.29 is 9.00 Å². The number of amides is 1. The number of hydrogen-bond donors (Lipinski definition) is 2. The van der Waals surface area contributed by atoms with Crippen LogP contribution in [0.3, 0.4) is 0 Å². The minimum Gasteiger partial charge on any atom is -0.355 e. The zero-order chi connectivity index (χ0) is 12.6. The summed E-state index contributed by atoms with van der Waals surface area (Å²) in [5.74, 6) is 0.962. The molecule has 1 amide bonds. The van der Waals surface area contributed by atoms with Crippen molar-refractivity contribution in [3.63, 3.8) is 0 Å². The fourth-order valence-electron chi connectivity index (χ4n) is 1.15. The van der Waals surface area contributed by atoms with E-state index in [1.54, 1.807) is 6.92 Å². The van der Waals surface area contributed by atoms with Gasteiger partial charge in [-0.25, -0.2) is 0 Å². The molecule has 0 aromatic carbocycles. The summed E-state index contributed by atoms with van der Waals surface area (Å²) in [5, 5.41) is 2.38. The van der Waals surface area contributed by atoms with Gasteiger partial charge in [0.25, 0.3) is 0 Å². The first-order valence-corrected chi connectivity index (χ1v) is 7.22. The average molecular weight is 248 g/mol. The van der Waals surface area contributed by atoms with Crippen LogP contribution in [-0.2, 0) is 15.6 Å². The smallest absolute Gasteiger partial charge is 0.235 e. The van der Waals surface area contributed by atoms with Crippen LogP contribution in [0, 0.1) is 5.92 Å². The Hall–Kier alpha value is -0.420. The van der Waals surface area contributed by atoms with Crippen LogP contribution in [0.2, 0.25) is 0 Å². The second-order valence-corrected chi connectivity index (χ2v) is 6.22. The predicted octanol–water partition coefficient (Wildman–Crippen LogP) is 0.635. The lowest BCUT2D eigenvalue weighted by atomic mass is 10.1. The summed E-state index contributed by atoms with van der Waals surface area (Å²) in [7, 11) is -1.10. The number of carbonyl (C=O) groups is 1. The monoisotopic (exact) mass is 248 g/mol. The second kappa shape index (κ2) is 8.70. The van der Waals surface area contributed by atoms with Crippen molar-refractivity contribution in [1.82, 2.24) is 5.32 Å². The highest BCUT2D eigenvalue weighted by molar-refractivity contribution is 7.86. The van der Waals surface area contributed by atoms with E-state index in [1.165, 1.54) is 0 Å².